The highest BCUT2D eigenvalue weighted by Crippen LogP contribution is 2.19. The molecule has 24 heavy (non-hydrogen) atoms. The molecular weight excluding hydrogens is 318 g/mol. The lowest BCUT2D eigenvalue weighted by atomic mass is 10.2. The van der Waals surface area contributed by atoms with Crippen LogP contribution in [0.1, 0.15) is 11.1 Å². The molecule has 5 heteroatoms. The second kappa shape index (κ2) is 7.53. The Bertz CT molecular complexity index is 886. The number of nitrogens with zero attached hydrogens (tertiary/aromatic N) is 2. The summed E-state index contributed by atoms with van der Waals surface area (Å²) >= 11 is 0. The number of nitrogens with one attached hydrogen (secondary N) is 1. The molecule has 118 valence electrons. The lowest BCUT2D eigenvalue weighted by Crippen LogP contribution is -1.98. The molecule has 0 fully saturated rings. The Labute approximate surface area is 143 Å². The van der Waals surface area contributed by atoms with Crippen LogP contribution in [0.4, 0.5) is 11.5 Å². The summed E-state index contributed by atoms with van der Waals surface area (Å²) in [7, 11) is -1.07. The summed E-state index contributed by atoms with van der Waals surface area (Å²) < 4.78 is 12.4. The monoisotopic (exact) mass is 333 g/mol. The van der Waals surface area contributed by atoms with Gasteiger partial charge in [0, 0.05) is 16.8 Å². The van der Waals surface area contributed by atoms with Crippen LogP contribution < -0.4 is 5.32 Å². The Morgan fingerprint density at radius 3 is 2.58 bits per heavy atom. The highest BCUT2D eigenvalue weighted by atomic mass is 32.2. The summed E-state index contributed by atoms with van der Waals surface area (Å²) in [5.74, 6) is 1.12. The van der Waals surface area contributed by atoms with E-state index in [0.29, 0.717) is 17.1 Å². The van der Waals surface area contributed by atoms with E-state index in [0.717, 1.165) is 16.1 Å². The standard InChI is InChI=1S/C19H15N3OS/c20-12-16-9-10-19(21-13-16)22-17-6-4-5-15(11-17)14-24(23)18-7-2-1-3-8-18/h1-11,13H,14H2,(H,21,22). The average Bonchev–Trinajstić information content (AvgIpc) is 2.63. The van der Waals surface area contributed by atoms with Crippen LogP contribution in [0, 0.1) is 11.3 Å². The van der Waals surface area contributed by atoms with E-state index in [1.54, 1.807) is 12.1 Å². The predicted octanol–water partition coefficient (Wildman–Crippen LogP) is 4.00. The lowest BCUT2D eigenvalue weighted by Gasteiger charge is -2.08. The minimum Gasteiger partial charge on any atom is -0.340 e. The highest BCUT2D eigenvalue weighted by Gasteiger charge is 2.05. The number of nitriles is 1. The fourth-order valence-electron chi connectivity index (χ4n) is 2.23. The van der Waals surface area contributed by atoms with Crippen molar-refractivity contribution in [2.75, 3.05) is 5.32 Å². The smallest absolute Gasteiger partial charge is 0.130 e. The molecule has 0 radical (unpaired) electrons. The van der Waals surface area contributed by atoms with Gasteiger partial charge in [-0.15, -0.1) is 0 Å². The average molecular weight is 333 g/mol. The first-order chi connectivity index (χ1) is 11.7. The minimum absolute atomic E-state index is 0.459. The second-order valence-corrected chi connectivity index (χ2v) is 6.62. The molecule has 4 nitrogen and oxygen atoms in total. The zero-order valence-electron chi connectivity index (χ0n) is 12.8. The molecule has 0 aliphatic rings. The van der Waals surface area contributed by atoms with Crippen LogP contribution in [0.25, 0.3) is 0 Å². The van der Waals surface area contributed by atoms with Gasteiger partial charge in [0.25, 0.3) is 0 Å². The summed E-state index contributed by atoms with van der Waals surface area (Å²) in [6, 6.07) is 22.7. The maximum absolute atomic E-state index is 12.4. The van der Waals surface area contributed by atoms with Crippen LogP contribution in [0.5, 0.6) is 0 Å². The van der Waals surface area contributed by atoms with E-state index in [1.165, 1.54) is 6.20 Å². The fourth-order valence-corrected chi connectivity index (χ4v) is 3.34. The highest BCUT2D eigenvalue weighted by molar-refractivity contribution is 7.84. The van der Waals surface area contributed by atoms with E-state index in [9.17, 15) is 4.21 Å². The molecular formula is C19H15N3OS. The number of aromatic nitrogens is 1. The number of pyridine rings is 1. The van der Waals surface area contributed by atoms with E-state index in [-0.39, 0.29) is 0 Å². The Morgan fingerprint density at radius 2 is 1.88 bits per heavy atom. The molecule has 1 atom stereocenters. The van der Waals surface area contributed by atoms with Crippen LogP contribution in [0.2, 0.25) is 0 Å². The molecule has 1 aromatic heterocycles. The molecule has 0 aliphatic heterocycles. The van der Waals surface area contributed by atoms with Crippen molar-refractivity contribution in [3.05, 3.63) is 84.1 Å². The van der Waals surface area contributed by atoms with E-state index < -0.39 is 10.8 Å². The molecule has 0 saturated carbocycles. The third-order valence-corrected chi connectivity index (χ3v) is 4.79. The van der Waals surface area contributed by atoms with Crippen LogP contribution in [0.3, 0.4) is 0 Å². The number of anilines is 2. The van der Waals surface area contributed by atoms with Crippen molar-refractivity contribution in [3.8, 4) is 6.07 Å². The van der Waals surface area contributed by atoms with Gasteiger partial charge in [-0.25, -0.2) is 4.98 Å². The third-order valence-electron chi connectivity index (χ3n) is 3.40. The maximum atomic E-state index is 12.4. The Balaban J connectivity index is 1.72. The van der Waals surface area contributed by atoms with Gasteiger partial charge in [-0.2, -0.15) is 5.26 Å². The summed E-state index contributed by atoms with van der Waals surface area (Å²) in [6.07, 6.45) is 1.52. The summed E-state index contributed by atoms with van der Waals surface area (Å²) in [5, 5.41) is 12.0. The van der Waals surface area contributed by atoms with Gasteiger partial charge in [0.1, 0.15) is 11.9 Å². The SMILES string of the molecule is N#Cc1ccc(Nc2cccc(CS(=O)c3ccccc3)c2)nc1. The van der Waals surface area contributed by atoms with E-state index in [2.05, 4.69) is 10.3 Å². The van der Waals surface area contributed by atoms with Gasteiger partial charge in [0.05, 0.1) is 22.1 Å². The van der Waals surface area contributed by atoms with Crippen LogP contribution in [0.15, 0.2) is 77.8 Å². The normalized spacial score (nSPS) is 11.5. The van der Waals surface area contributed by atoms with Crippen molar-refractivity contribution in [1.29, 1.82) is 5.26 Å². The van der Waals surface area contributed by atoms with Gasteiger partial charge < -0.3 is 5.32 Å². The molecule has 0 spiro atoms. The van der Waals surface area contributed by atoms with Gasteiger partial charge in [-0.3, -0.25) is 4.21 Å². The molecule has 0 saturated heterocycles. The first kappa shape index (κ1) is 15.9. The number of benzene rings is 2. The summed E-state index contributed by atoms with van der Waals surface area (Å²) in [6.45, 7) is 0. The van der Waals surface area contributed by atoms with Gasteiger partial charge in [0.2, 0.25) is 0 Å². The fraction of sp³-hybridized carbons (Fsp3) is 0.0526. The summed E-state index contributed by atoms with van der Waals surface area (Å²) in [4.78, 5) is 5.01. The van der Waals surface area contributed by atoms with E-state index in [1.807, 2.05) is 60.7 Å². The molecule has 0 aliphatic carbocycles. The second-order valence-electron chi connectivity index (χ2n) is 5.17. The van der Waals surface area contributed by atoms with Crippen molar-refractivity contribution >= 4 is 22.3 Å². The minimum atomic E-state index is -1.07. The van der Waals surface area contributed by atoms with Crippen molar-refractivity contribution < 1.29 is 4.21 Å². The molecule has 1 unspecified atom stereocenters. The first-order valence-corrected chi connectivity index (χ1v) is 8.72. The Kier molecular flexibility index (Phi) is 4.99. The topological polar surface area (TPSA) is 65.8 Å². The number of rotatable bonds is 5. The molecule has 2 aromatic carbocycles. The van der Waals surface area contributed by atoms with Crippen molar-refractivity contribution in [3.63, 3.8) is 0 Å². The lowest BCUT2D eigenvalue weighted by molar-refractivity contribution is 0.682. The number of hydrogen-bond acceptors (Lipinski definition) is 4. The van der Waals surface area contributed by atoms with Gasteiger partial charge in [-0.1, -0.05) is 30.3 Å². The van der Waals surface area contributed by atoms with Crippen molar-refractivity contribution in [1.82, 2.24) is 4.98 Å². The van der Waals surface area contributed by atoms with Crippen molar-refractivity contribution in [2.45, 2.75) is 10.6 Å². The Hall–Kier alpha value is -2.97. The van der Waals surface area contributed by atoms with Crippen molar-refractivity contribution in [2.24, 2.45) is 0 Å². The quantitative estimate of drug-likeness (QED) is 0.766. The molecule has 3 rings (SSSR count). The molecule has 1 heterocycles. The van der Waals surface area contributed by atoms with Gasteiger partial charge in [-0.05, 0) is 42.0 Å². The maximum Gasteiger partial charge on any atom is 0.130 e. The van der Waals surface area contributed by atoms with E-state index >= 15 is 0 Å². The first-order valence-electron chi connectivity index (χ1n) is 7.40. The zero-order valence-corrected chi connectivity index (χ0v) is 13.7. The molecule has 0 bridgehead atoms. The number of hydrogen-bond donors (Lipinski definition) is 1. The van der Waals surface area contributed by atoms with Gasteiger partial charge >= 0.3 is 0 Å². The largest absolute Gasteiger partial charge is 0.340 e. The van der Waals surface area contributed by atoms with Crippen LogP contribution in [-0.4, -0.2) is 9.19 Å². The van der Waals surface area contributed by atoms with Gasteiger partial charge in [0.15, 0.2) is 0 Å². The Morgan fingerprint density at radius 1 is 1.04 bits per heavy atom. The van der Waals surface area contributed by atoms with Crippen LogP contribution >= 0.6 is 0 Å². The van der Waals surface area contributed by atoms with E-state index in [4.69, 9.17) is 5.26 Å². The molecule has 1 N–H and O–H groups in total. The zero-order chi connectivity index (χ0) is 16.8. The summed E-state index contributed by atoms with van der Waals surface area (Å²) in [5.41, 5.74) is 2.37. The third kappa shape index (κ3) is 4.06. The van der Waals surface area contributed by atoms with Crippen LogP contribution in [-0.2, 0) is 16.6 Å². The molecule has 0 amide bonds. The molecule has 3 aromatic rings. The predicted molar refractivity (Wildman–Crippen MR) is 95.2 cm³/mol.